The van der Waals surface area contributed by atoms with E-state index < -0.39 is 16.7 Å². The quantitative estimate of drug-likeness (QED) is 0.671. The van der Waals surface area contributed by atoms with Crippen LogP contribution in [0, 0.1) is 10.1 Å². The molecular weight excluding hydrogens is 305 g/mol. The van der Waals surface area contributed by atoms with E-state index >= 15 is 0 Å². The summed E-state index contributed by atoms with van der Waals surface area (Å²) in [6.07, 6.45) is -4.39. The summed E-state index contributed by atoms with van der Waals surface area (Å²) in [5.41, 5.74) is 0.153. The fraction of sp³-hybridized carbons (Fsp3) is 0.231. The number of thiophene rings is 1. The molecular formula is C13H11F3N2O2S. The largest absolute Gasteiger partial charge is 0.416 e. The molecule has 0 aliphatic rings. The molecule has 1 heterocycles. The number of rotatable bonds is 5. The number of benzene rings is 1. The molecule has 1 aromatic carbocycles. The van der Waals surface area contributed by atoms with Crippen LogP contribution in [-0.2, 0) is 19.3 Å². The molecule has 0 aliphatic carbocycles. The molecule has 21 heavy (non-hydrogen) atoms. The lowest BCUT2D eigenvalue weighted by Crippen LogP contribution is -2.17. The highest BCUT2D eigenvalue weighted by atomic mass is 32.1. The maximum absolute atomic E-state index is 12.8. The van der Waals surface area contributed by atoms with Crippen molar-refractivity contribution in [1.82, 2.24) is 5.32 Å². The Bertz CT molecular complexity index is 640. The van der Waals surface area contributed by atoms with Crippen LogP contribution in [0.2, 0.25) is 0 Å². The zero-order valence-corrected chi connectivity index (χ0v) is 11.5. The molecule has 0 saturated carbocycles. The van der Waals surface area contributed by atoms with E-state index in [4.69, 9.17) is 0 Å². The predicted molar refractivity (Wildman–Crippen MR) is 73.0 cm³/mol. The number of hydrogen-bond acceptors (Lipinski definition) is 4. The van der Waals surface area contributed by atoms with Gasteiger partial charge in [-0.25, -0.2) is 0 Å². The van der Waals surface area contributed by atoms with Crippen LogP contribution < -0.4 is 5.32 Å². The van der Waals surface area contributed by atoms with Gasteiger partial charge in [0.2, 0.25) is 0 Å². The lowest BCUT2D eigenvalue weighted by atomic mass is 10.1. The molecule has 1 N–H and O–H groups in total. The van der Waals surface area contributed by atoms with Gasteiger partial charge in [-0.2, -0.15) is 13.2 Å². The topological polar surface area (TPSA) is 55.2 Å². The monoisotopic (exact) mass is 316 g/mol. The summed E-state index contributed by atoms with van der Waals surface area (Å²) in [6, 6.07) is 6.74. The zero-order valence-electron chi connectivity index (χ0n) is 10.7. The fourth-order valence-electron chi connectivity index (χ4n) is 1.84. The third-order valence-corrected chi connectivity index (χ3v) is 3.72. The molecule has 1 aromatic heterocycles. The zero-order chi connectivity index (χ0) is 15.5. The summed E-state index contributed by atoms with van der Waals surface area (Å²) in [5.74, 6) is 0. The third-order valence-electron chi connectivity index (χ3n) is 2.79. The van der Waals surface area contributed by atoms with Gasteiger partial charge in [-0.1, -0.05) is 29.5 Å². The highest BCUT2D eigenvalue weighted by molar-refractivity contribution is 7.13. The van der Waals surface area contributed by atoms with Crippen molar-refractivity contribution in [3.8, 4) is 0 Å². The van der Waals surface area contributed by atoms with Gasteiger partial charge in [0.1, 0.15) is 0 Å². The summed E-state index contributed by atoms with van der Waals surface area (Å²) in [7, 11) is 0. The summed E-state index contributed by atoms with van der Waals surface area (Å²) in [6.45, 7) is 0.315. The molecule has 0 bridgehead atoms. The van der Waals surface area contributed by atoms with Crippen molar-refractivity contribution in [2.75, 3.05) is 0 Å². The minimum atomic E-state index is -4.39. The summed E-state index contributed by atoms with van der Waals surface area (Å²) in [4.78, 5) is 10.0. The van der Waals surface area contributed by atoms with Crippen LogP contribution in [-0.4, -0.2) is 4.92 Å². The normalized spacial score (nSPS) is 11.6. The van der Waals surface area contributed by atoms with Crippen LogP contribution in [0.5, 0.6) is 0 Å². The average molecular weight is 316 g/mol. The average Bonchev–Trinajstić information content (AvgIpc) is 2.87. The number of hydrogen-bond donors (Lipinski definition) is 1. The van der Waals surface area contributed by atoms with E-state index in [1.54, 1.807) is 11.4 Å². The molecule has 2 aromatic rings. The van der Waals surface area contributed by atoms with E-state index in [0.29, 0.717) is 5.56 Å². The maximum atomic E-state index is 12.8. The van der Waals surface area contributed by atoms with Crippen molar-refractivity contribution in [3.05, 3.63) is 62.5 Å². The molecule has 0 fully saturated rings. The number of nitrogens with one attached hydrogen (secondary N) is 1. The molecule has 0 aliphatic heterocycles. The lowest BCUT2D eigenvalue weighted by molar-refractivity contribution is -0.380. The molecule has 2 rings (SSSR count). The number of alkyl halides is 3. The fourth-order valence-corrected chi connectivity index (χ4v) is 2.57. The number of nitro groups is 1. The first-order valence-corrected chi connectivity index (χ1v) is 6.83. The van der Waals surface area contributed by atoms with Crippen LogP contribution >= 0.6 is 11.3 Å². The van der Waals surface area contributed by atoms with Crippen molar-refractivity contribution in [2.45, 2.75) is 19.3 Å². The van der Waals surface area contributed by atoms with Gasteiger partial charge in [-0.15, -0.1) is 0 Å². The molecule has 8 heteroatoms. The van der Waals surface area contributed by atoms with Crippen LogP contribution in [0.3, 0.4) is 0 Å². The van der Waals surface area contributed by atoms with Gasteiger partial charge in [-0.05, 0) is 17.2 Å². The van der Waals surface area contributed by atoms with Crippen molar-refractivity contribution in [3.63, 3.8) is 0 Å². The van der Waals surface area contributed by atoms with Gasteiger partial charge in [0.05, 0.1) is 10.5 Å². The van der Waals surface area contributed by atoms with E-state index in [-0.39, 0.29) is 23.7 Å². The smallest absolute Gasteiger partial charge is 0.309 e. The molecule has 0 spiro atoms. The Morgan fingerprint density at radius 1 is 1.24 bits per heavy atom. The molecule has 4 nitrogen and oxygen atoms in total. The van der Waals surface area contributed by atoms with Crippen LogP contribution in [0.25, 0.3) is 0 Å². The van der Waals surface area contributed by atoms with Gasteiger partial charge >= 0.3 is 11.2 Å². The molecule has 0 unspecified atom stereocenters. The Morgan fingerprint density at radius 2 is 1.95 bits per heavy atom. The Morgan fingerprint density at radius 3 is 2.57 bits per heavy atom. The second kappa shape index (κ2) is 6.23. The highest BCUT2D eigenvalue weighted by Crippen LogP contribution is 2.31. The minimum absolute atomic E-state index is 0.0162. The van der Waals surface area contributed by atoms with Crippen molar-refractivity contribution in [1.29, 1.82) is 0 Å². The van der Waals surface area contributed by atoms with E-state index in [0.717, 1.165) is 17.4 Å². The Labute approximate surface area is 122 Å². The van der Waals surface area contributed by atoms with Gasteiger partial charge in [0, 0.05) is 24.5 Å². The summed E-state index contributed by atoms with van der Waals surface area (Å²) < 4.78 is 38.4. The van der Waals surface area contributed by atoms with Crippen LogP contribution in [0.1, 0.15) is 16.7 Å². The minimum Gasteiger partial charge on any atom is -0.309 e. The Hall–Kier alpha value is -1.93. The molecule has 112 valence electrons. The number of nitrogens with zero attached hydrogens (tertiary/aromatic N) is 1. The van der Waals surface area contributed by atoms with E-state index in [9.17, 15) is 23.3 Å². The third kappa shape index (κ3) is 4.02. The first-order valence-electron chi connectivity index (χ1n) is 5.95. The summed E-state index contributed by atoms with van der Waals surface area (Å²) >= 11 is 0.992. The van der Waals surface area contributed by atoms with Gasteiger partial charge in [0.15, 0.2) is 0 Å². The van der Waals surface area contributed by atoms with Crippen molar-refractivity contribution < 1.29 is 18.1 Å². The van der Waals surface area contributed by atoms with E-state index in [1.807, 2.05) is 0 Å². The molecule has 0 atom stereocenters. The first-order chi connectivity index (χ1) is 9.88. The Kier molecular flexibility index (Phi) is 4.59. The second-order valence-electron chi connectivity index (χ2n) is 4.31. The van der Waals surface area contributed by atoms with E-state index in [1.165, 1.54) is 18.2 Å². The molecule has 0 saturated heterocycles. The molecule has 0 amide bonds. The SMILES string of the molecule is O=[N+]([O-])c1cc(CNCc2ccccc2C(F)(F)F)cs1. The number of halogens is 3. The van der Waals surface area contributed by atoms with Crippen molar-refractivity contribution >= 4 is 16.3 Å². The van der Waals surface area contributed by atoms with Crippen LogP contribution in [0.15, 0.2) is 35.7 Å². The van der Waals surface area contributed by atoms with Crippen LogP contribution in [0.4, 0.5) is 18.2 Å². The van der Waals surface area contributed by atoms with E-state index in [2.05, 4.69) is 5.32 Å². The Balaban J connectivity index is 1.99. The standard InChI is InChI=1S/C13H11F3N2O2S/c14-13(15,16)11-4-2-1-3-10(11)7-17-6-9-5-12(18(19)20)21-8-9/h1-5,8,17H,6-7H2. The highest BCUT2D eigenvalue weighted by Gasteiger charge is 2.32. The van der Waals surface area contributed by atoms with Gasteiger partial charge < -0.3 is 5.32 Å². The van der Waals surface area contributed by atoms with Gasteiger partial charge in [0.25, 0.3) is 0 Å². The molecule has 0 radical (unpaired) electrons. The lowest BCUT2D eigenvalue weighted by Gasteiger charge is -2.12. The second-order valence-corrected chi connectivity index (χ2v) is 5.20. The first kappa shape index (κ1) is 15.5. The summed E-state index contributed by atoms with van der Waals surface area (Å²) in [5, 5.41) is 15.0. The predicted octanol–water partition coefficient (Wildman–Crippen LogP) is 3.96. The van der Waals surface area contributed by atoms with Crippen molar-refractivity contribution in [2.24, 2.45) is 0 Å². The maximum Gasteiger partial charge on any atom is 0.416 e. The van der Waals surface area contributed by atoms with Gasteiger partial charge in [-0.3, -0.25) is 10.1 Å².